The SMILES string of the molecule is NC(Cc1ccc(Br)cn1)c1ncn[nH]1. The number of pyridine rings is 1. The summed E-state index contributed by atoms with van der Waals surface area (Å²) in [5.41, 5.74) is 6.86. The first-order chi connectivity index (χ1) is 7.25. The van der Waals surface area contributed by atoms with Gasteiger partial charge in [-0.1, -0.05) is 0 Å². The molecule has 0 spiro atoms. The Morgan fingerprint density at radius 2 is 2.27 bits per heavy atom. The van der Waals surface area contributed by atoms with Crippen LogP contribution in [-0.2, 0) is 6.42 Å². The highest BCUT2D eigenvalue weighted by atomic mass is 79.9. The molecule has 3 N–H and O–H groups in total. The van der Waals surface area contributed by atoms with Gasteiger partial charge in [-0.05, 0) is 28.1 Å². The van der Waals surface area contributed by atoms with Crippen molar-refractivity contribution in [3.8, 4) is 0 Å². The largest absolute Gasteiger partial charge is 0.321 e. The summed E-state index contributed by atoms with van der Waals surface area (Å²) in [5, 5.41) is 6.50. The van der Waals surface area contributed by atoms with Gasteiger partial charge in [0.1, 0.15) is 12.2 Å². The van der Waals surface area contributed by atoms with Crippen LogP contribution in [0.2, 0.25) is 0 Å². The van der Waals surface area contributed by atoms with Gasteiger partial charge in [0, 0.05) is 22.8 Å². The predicted octanol–water partition coefficient (Wildman–Crippen LogP) is 1.20. The number of nitrogens with zero attached hydrogens (tertiary/aromatic N) is 3. The van der Waals surface area contributed by atoms with Gasteiger partial charge in [0.25, 0.3) is 0 Å². The summed E-state index contributed by atoms with van der Waals surface area (Å²) in [6, 6.07) is 3.68. The van der Waals surface area contributed by atoms with Crippen LogP contribution < -0.4 is 5.73 Å². The van der Waals surface area contributed by atoms with Gasteiger partial charge in [-0.15, -0.1) is 0 Å². The summed E-state index contributed by atoms with van der Waals surface area (Å²) < 4.78 is 0.958. The highest BCUT2D eigenvalue weighted by molar-refractivity contribution is 9.10. The highest BCUT2D eigenvalue weighted by Gasteiger charge is 2.10. The smallest absolute Gasteiger partial charge is 0.141 e. The van der Waals surface area contributed by atoms with Crippen molar-refractivity contribution in [1.29, 1.82) is 0 Å². The second-order valence-electron chi connectivity index (χ2n) is 3.15. The van der Waals surface area contributed by atoms with Crippen LogP contribution in [0.5, 0.6) is 0 Å². The van der Waals surface area contributed by atoms with E-state index in [0.29, 0.717) is 12.2 Å². The Morgan fingerprint density at radius 3 is 2.87 bits per heavy atom. The molecule has 0 aliphatic heterocycles. The molecule has 0 radical (unpaired) electrons. The van der Waals surface area contributed by atoms with Gasteiger partial charge in [-0.25, -0.2) is 4.98 Å². The van der Waals surface area contributed by atoms with Crippen LogP contribution >= 0.6 is 15.9 Å². The molecule has 15 heavy (non-hydrogen) atoms. The van der Waals surface area contributed by atoms with Crippen LogP contribution in [0.4, 0.5) is 0 Å². The molecule has 1 atom stereocenters. The maximum Gasteiger partial charge on any atom is 0.141 e. The number of hydrogen-bond acceptors (Lipinski definition) is 4. The molecule has 2 aromatic heterocycles. The summed E-state index contributed by atoms with van der Waals surface area (Å²) in [6.45, 7) is 0. The Bertz CT molecular complexity index is 411. The Morgan fingerprint density at radius 1 is 1.40 bits per heavy atom. The van der Waals surface area contributed by atoms with Gasteiger partial charge in [0.2, 0.25) is 0 Å². The van der Waals surface area contributed by atoms with Crippen molar-refractivity contribution in [1.82, 2.24) is 20.2 Å². The first kappa shape index (κ1) is 10.3. The van der Waals surface area contributed by atoms with Crippen LogP contribution in [0.1, 0.15) is 17.6 Å². The second kappa shape index (κ2) is 4.50. The van der Waals surface area contributed by atoms with E-state index in [0.717, 1.165) is 10.2 Å². The zero-order valence-electron chi connectivity index (χ0n) is 7.89. The number of hydrogen-bond donors (Lipinski definition) is 2. The fourth-order valence-electron chi connectivity index (χ4n) is 1.24. The van der Waals surface area contributed by atoms with Gasteiger partial charge in [-0.3, -0.25) is 10.1 Å². The van der Waals surface area contributed by atoms with Crippen molar-refractivity contribution in [3.05, 3.63) is 40.6 Å². The van der Waals surface area contributed by atoms with E-state index in [1.54, 1.807) is 6.20 Å². The molecule has 0 bridgehead atoms. The van der Waals surface area contributed by atoms with Crippen LogP contribution in [-0.4, -0.2) is 20.2 Å². The normalized spacial score (nSPS) is 12.7. The Hall–Kier alpha value is -1.27. The third kappa shape index (κ3) is 2.60. The van der Waals surface area contributed by atoms with Gasteiger partial charge < -0.3 is 5.73 Å². The molecule has 1 unspecified atom stereocenters. The van der Waals surface area contributed by atoms with E-state index < -0.39 is 0 Å². The number of nitrogens with one attached hydrogen (secondary N) is 1. The third-order valence-corrected chi connectivity index (χ3v) is 2.47. The maximum atomic E-state index is 5.92. The number of nitrogens with two attached hydrogens (primary N) is 1. The molecule has 6 heteroatoms. The molecule has 0 aromatic carbocycles. The number of aromatic amines is 1. The molecule has 0 saturated carbocycles. The first-order valence-corrected chi connectivity index (χ1v) is 5.26. The van der Waals surface area contributed by atoms with Crippen LogP contribution in [0, 0.1) is 0 Å². The molecular weight excluding hydrogens is 258 g/mol. The molecule has 0 amide bonds. The van der Waals surface area contributed by atoms with E-state index in [9.17, 15) is 0 Å². The average Bonchev–Trinajstić information content (AvgIpc) is 2.74. The van der Waals surface area contributed by atoms with Crippen LogP contribution in [0.3, 0.4) is 0 Å². The Kier molecular flexibility index (Phi) is 3.08. The van der Waals surface area contributed by atoms with E-state index >= 15 is 0 Å². The van der Waals surface area contributed by atoms with Crippen molar-refractivity contribution < 1.29 is 0 Å². The van der Waals surface area contributed by atoms with E-state index in [4.69, 9.17) is 5.73 Å². The molecule has 0 aliphatic carbocycles. The average molecular weight is 268 g/mol. The summed E-state index contributed by atoms with van der Waals surface area (Å²) >= 11 is 3.33. The number of halogens is 1. The third-order valence-electron chi connectivity index (χ3n) is 2.00. The summed E-state index contributed by atoms with van der Waals surface area (Å²) in [4.78, 5) is 8.24. The second-order valence-corrected chi connectivity index (χ2v) is 4.06. The minimum Gasteiger partial charge on any atom is -0.321 e. The maximum absolute atomic E-state index is 5.92. The number of H-pyrrole nitrogens is 1. The minimum absolute atomic E-state index is 0.193. The highest BCUT2D eigenvalue weighted by Crippen LogP contribution is 2.12. The number of rotatable bonds is 3. The Labute approximate surface area is 95.3 Å². The molecule has 2 rings (SSSR count). The molecule has 2 heterocycles. The van der Waals surface area contributed by atoms with Crippen LogP contribution in [0.15, 0.2) is 29.1 Å². The summed E-state index contributed by atoms with van der Waals surface area (Å²) in [5.74, 6) is 0.680. The standard InChI is InChI=1S/C9H10BrN5/c10-6-1-2-7(12-4-6)3-8(11)9-13-5-14-15-9/h1-2,4-5,8H,3,11H2,(H,13,14,15). The Balaban J connectivity index is 2.06. The molecule has 0 aliphatic rings. The molecule has 0 saturated heterocycles. The van der Waals surface area contributed by atoms with Crippen molar-refractivity contribution >= 4 is 15.9 Å². The lowest BCUT2D eigenvalue weighted by Crippen LogP contribution is -2.15. The van der Waals surface area contributed by atoms with E-state index in [2.05, 4.69) is 36.1 Å². The molecule has 0 fully saturated rings. The van der Waals surface area contributed by atoms with Crippen LogP contribution in [0.25, 0.3) is 0 Å². The topological polar surface area (TPSA) is 80.5 Å². The van der Waals surface area contributed by atoms with Gasteiger partial charge >= 0.3 is 0 Å². The van der Waals surface area contributed by atoms with Crippen molar-refractivity contribution in [2.75, 3.05) is 0 Å². The lowest BCUT2D eigenvalue weighted by atomic mass is 10.1. The summed E-state index contributed by atoms with van der Waals surface area (Å²) in [7, 11) is 0. The lowest BCUT2D eigenvalue weighted by Gasteiger charge is -2.07. The number of aromatic nitrogens is 4. The van der Waals surface area contributed by atoms with E-state index in [-0.39, 0.29) is 6.04 Å². The fraction of sp³-hybridized carbons (Fsp3) is 0.222. The zero-order chi connectivity index (χ0) is 10.7. The first-order valence-electron chi connectivity index (χ1n) is 4.47. The van der Waals surface area contributed by atoms with Gasteiger partial charge in [-0.2, -0.15) is 5.10 Å². The van der Waals surface area contributed by atoms with Gasteiger partial charge in [0.05, 0.1) is 6.04 Å². The molecule has 5 nitrogen and oxygen atoms in total. The zero-order valence-corrected chi connectivity index (χ0v) is 9.48. The van der Waals surface area contributed by atoms with Crippen molar-refractivity contribution in [3.63, 3.8) is 0 Å². The van der Waals surface area contributed by atoms with Crippen molar-refractivity contribution in [2.45, 2.75) is 12.5 Å². The molecular formula is C9H10BrN5. The molecule has 2 aromatic rings. The fourth-order valence-corrected chi connectivity index (χ4v) is 1.48. The quantitative estimate of drug-likeness (QED) is 0.876. The molecule has 78 valence electrons. The monoisotopic (exact) mass is 267 g/mol. The summed E-state index contributed by atoms with van der Waals surface area (Å²) in [6.07, 6.45) is 3.84. The van der Waals surface area contributed by atoms with Crippen molar-refractivity contribution in [2.24, 2.45) is 5.73 Å². The predicted molar refractivity (Wildman–Crippen MR) is 59.0 cm³/mol. The van der Waals surface area contributed by atoms with E-state index in [1.165, 1.54) is 6.33 Å². The van der Waals surface area contributed by atoms with Gasteiger partial charge in [0.15, 0.2) is 0 Å². The minimum atomic E-state index is -0.193. The van der Waals surface area contributed by atoms with E-state index in [1.807, 2.05) is 12.1 Å². The lowest BCUT2D eigenvalue weighted by molar-refractivity contribution is 0.660.